The Bertz CT molecular complexity index is 1240. The Morgan fingerprint density at radius 2 is 1.74 bits per heavy atom. The predicted molar refractivity (Wildman–Crippen MR) is 122 cm³/mol. The molecule has 2 aliphatic heterocycles. The van der Waals surface area contributed by atoms with Crippen molar-refractivity contribution in [2.24, 2.45) is 0 Å². The maximum absolute atomic E-state index is 13.4. The highest BCUT2D eigenvalue weighted by atomic mass is 32.2. The first kappa shape index (κ1) is 21.7. The number of rotatable bonds is 5. The van der Waals surface area contributed by atoms with Crippen LogP contribution in [0, 0.1) is 6.92 Å². The zero-order chi connectivity index (χ0) is 22.3. The summed E-state index contributed by atoms with van der Waals surface area (Å²) < 4.78 is 33.1. The van der Waals surface area contributed by atoms with Gasteiger partial charge in [-0.2, -0.15) is 0 Å². The van der Waals surface area contributed by atoms with E-state index in [4.69, 9.17) is 12.2 Å². The summed E-state index contributed by atoms with van der Waals surface area (Å²) in [5.41, 5.74) is 3.45. The summed E-state index contributed by atoms with van der Waals surface area (Å²) >= 11 is 6.18. The van der Waals surface area contributed by atoms with E-state index >= 15 is 0 Å². The van der Waals surface area contributed by atoms with E-state index in [1.165, 1.54) is 0 Å². The molecule has 0 aliphatic carbocycles. The van der Waals surface area contributed by atoms with Crippen molar-refractivity contribution >= 4 is 61.5 Å². The SMILES string of the molecule is Cc1ccc2c(c1)/C(=C1/SC(=S)N(CCS(=O)(=O)[O-])C1=O)C(=O)N2Cc1ccccc1. The standard InChI is InChI=1S/C21H18N2O5S3/c1-13-7-8-16-15(11-13)17(19(24)23(16)12-14-5-3-2-4-6-14)18-20(25)22(21(29)30-18)9-10-31(26,27)28/h2-8,11H,9-10,12H2,1H3,(H,26,27,28)/p-1/b18-17-. The van der Waals surface area contributed by atoms with Gasteiger partial charge in [-0.05, 0) is 24.6 Å². The van der Waals surface area contributed by atoms with Crippen molar-refractivity contribution in [1.29, 1.82) is 0 Å². The molecule has 10 heteroatoms. The van der Waals surface area contributed by atoms with Crippen LogP contribution in [0.2, 0.25) is 0 Å². The Hall–Kier alpha value is -2.53. The molecular weight excluding hydrogens is 456 g/mol. The minimum Gasteiger partial charge on any atom is -0.748 e. The number of aryl methyl sites for hydroxylation is 1. The maximum atomic E-state index is 13.4. The van der Waals surface area contributed by atoms with Crippen LogP contribution < -0.4 is 4.90 Å². The molecular formula is C21H17N2O5S3-. The smallest absolute Gasteiger partial charge is 0.267 e. The van der Waals surface area contributed by atoms with Crippen LogP contribution in [0.1, 0.15) is 16.7 Å². The second-order valence-corrected chi connectivity index (χ2v) is 10.4. The molecule has 0 N–H and O–H groups in total. The molecule has 1 fully saturated rings. The number of carbonyl (C=O) groups excluding carboxylic acids is 2. The van der Waals surface area contributed by atoms with Crippen LogP contribution in [0.15, 0.2) is 53.4 Å². The molecule has 0 bridgehead atoms. The van der Waals surface area contributed by atoms with E-state index < -0.39 is 21.8 Å². The lowest BCUT2D eigenvalue weighted by Crippen LogP contribution is -2.33. The molecule has 0 spiro atoms. The van der Waals surface area contributed by atoms with E-state index in [-0.39, 0.29) is 27.3 Å². The number of carbonyl (C=O) groups is 2. The van der Waals surface area contributed by atoms with Crippen LogP contribution in [0.25, 0.3) is 5.57 Å². The van der Waals surface area contributed by atoms with Gasteiger partial charge in [-0.15, -0.1) is 0 Å². The quantitative estimate of drug-likeness (QED) is 0.374. The van der Waals surface area contributed by atoms with E-state index in [2.05, 4.69) is 0 Å². The summed E-state index contributed by atoms with van der Waals surface area (Å²) in [7, 11) is -4.51. The number of nitrogens with zero attached hydrogens (tertiary/aromatic N) is 2. The minimum atomic E-state index is -4.51. The first-order valence-corrected chi connectivity index (χ1v) is 12.1. The van der Waals surface area contributed by atoms with Gasteiger partial charge in [-0.3, -0.25) is 14.5 Å². The number of hydrogen-bond acceptors (Lipinski definition) is 7. The lowest BCUT2D eigenvalue weighted by atomic mass is 10.0. The molecule has 0 atom stereocenters. The van der Waals surface area contributed by atoms with Crippen molar-refractivity contribution in [1.82, 2.24) is 4.90 Å². The van der Waals surface area contributed by atoms with Gasteiger partial charge in [-0.25, -0.2) is 8.42 Å². The van der Waals surface area contributed by atoms with E-state index in [0.29, 0.717) is 17.8 Å². The van der Waals surface area contributed by atoms with Crippen LogP contribution >= 0.6 is 24.0 Å². The number of amides is 2. The fraction of sp³-hybridized carbons (Fsp3) is 0.190. The second-order valence-electron chi connectivity index (χ2n) is 7.19. The Kier molecular flexibility index (Phi) is 5.73. The predicted octanol–water partition coefficient (Wildman–Crippen LogP) is 2.66. The molecule has 0 unspecified atom stereocenters. The number of anilines is 1. The van der Waals surface area contributed by atoms with Crippen molar-refractivity contribution in [3.8, 4) is 0 Å². The Morgan fingerprint density at radius 1 is 1.03 bits per heavy atom. The number of thioether (sulfide) groups is 1. The van der Waals surface area contributed by atoms with E-state index in [0.717, 1.165) is 27.8 Å². The first-order chi connectivity index (χ1) is 14.7. The lowest BCUT2D eigenvalue weighted by Gasteiger charge is -2.17. The average Bonchev–Trinajstić information content (AvgIpc) is 3.13. The normalized spacial score (nSPS) is 18.8. The largest absolute Gasteiger partial charge is 0.748 e. The van der Waals surface area contributed by atoms with Gasteiger partial charge in [0.1, 0.15) is 4.32 Å². The maximum Gasteiger partial charge on any atom is 0.267 e. The molecule has 0 aromatic heterocycles. The van der Waals surface area contributed by atoms with Crippen molar-refractivity contribution in [2.45, 2.75) is 13.5 Å². The van der Waals surface area contributed by atoms with Crippen LogP contribution in [0.5, 0.6) is 0 Å². The molecule has 31 heavy (non-hydrogen) atoms. The molecule has 2 aromatic rings. The zero-order valence-electron chi connectivity index (χ0n) is 16.4. The van der Waals surface area contributed by atoms with Crippen molar-refractivity contribution in [3.63, 3.8) is 0 Å². The van der Waals surface area contributed by atoms with Gasteiger partial charge in [-0.1, -0.05) is 65.9 Å². The lowest BCUT2D eigenvalue weighted by molar-refractivity contribution is -0.122. The molecule has 1 saturated heterocycles. The van der Waals surface area contributed by atoms with E-state index in [1.807, 2.05) is 55.5 Å². The molecule has 0 radical (unpaired) electrons. The summed E-state index contributed by atoms with van der Waals surface area (Å²) in [5.74, 6) is -1.62. The molecule has 2 amide bonds. The zero-order valence-corrected chi connectivity index (χ0v) is 18.9. The van der Waals surface area contributed by atoms with Crippen molar-refractivity contribution in [2.75, 3.05) is 17.2 Å². The van der Waals surface area contributed by atoms with Gasteiger partial charge in [0.05, 0.1) is 38.6 Å². The molecule has 7 nitrogen and oxygen atoms in total. The average molecular weight is 474 g/mol. The highest BCUT2D eigenvalue weighted by molar-refractivity contribution is 8.26. The fourth-order valence-electron chi connectivity index (χ4n) is 3.53. The number of fused-ring (bicyclic) bond motifs is 1. The Morgan fingerprint density at radius 3 is 2.42 bits per heavy atom. The van der Waals surface area contributed by atoms with Crippen molar-refractivity contribution < 1.29 is 22.6 Å². The van der Waals surface area contributed by atoms with Crippen LogP contribution in [-0.2, 0) is 26.3 Å². The number of thiocarbonyl (C=S) groups is 1. The minimum absolute atomic E-state index is 0.125. The molecule has 2 aliphatic rings. The topological polar surface area (TPSA) is 97.8 Å². The molecule has 0 saturated carbocycles. The van der Waals surface area contributed by atoms with Gasteiger partial charge in [0.25, 0.3) is 11.8 Å². The summed E-state index contributed by atoms with van der Waals surface area (Å²) in [6, 6.07) is 15.1. The van der Waals surface area contributed by atoms with E-state index in [1.54, 1.807) is 4.90 Å². The van der Waals surface area contributed by atoms with E-state index in [9.17, 15) is 22.6 Å². The monoisotopic (exact) mass is 473 g/mol. The third-order valence-electron chi connectivity index (χ3n) is 5.00. The van der Waals surface area contributed by atoms with Gasteiger partial charge in [0, 0.05) is 12.1 Å². The highest BCUT2D eigenvalue weighted by Crippen LogP contribution is 2.45. The van der Waals surface area contributed by atoms with Crippen LogP contribution in [-0.4, -0.2) is 46.3 Å². The highest BCUT2D eigenvalue weighted by Gasteiger charge is 2.42. The number of benzene rings is 2. The first-order valence-electron chi connectivity index (χ1n) is 9.34. The summed E-state index contributed by atoms with van der Waals surface area (Å²) in [4.78, 5) is 29.3. The third-order valence-corrected chi connectivity index (χ3v) is 7.13. The van der Waals surface area contributed by atoms with Crippen LogP contribution in [0.3, 0.4) is 0 Å². The summed E-state index contributed by atoms with van der Waals surface area (Å²) in [6.07, 6.45) is 0. The van der Waals surface area contributed by atoms with Gasteiger partial charge in [0.15, 0.2) is 0 Å². The third kappa shape index (κ3) is 4.29. The Labute approximate surface area is 189 Å². The van der Waals surface area contributed by atoms with Crippen LogP contribution in [0.4, 0.5) is 5.69 Å². The molecule has 2 aromatic carbocycles. The van der Waals surface area contributed by atoms with Gasteiger partial charge >= 0.3 is 0 Å². The van der Waals surface area contributed by atoms with Gasteiger partial charge < -0.3 is 9.45 Å². The summed E-state index contributed by atoms with van der Waals surface area (Å²) in [5, 5.41) is 0. The fourth-order valence-corrected chi connectivity index (χ4v) is 5.32. The van der Waals surface area contributed by atoms with Crippen molar-refractivity contribution in [3.05, 3.63) is 70.1 Å². The number of hydrogen-bond donors (Lipinski definition) is 0. The summed E-state index contributed by atoms with van der Waals surface area (Å²) in [6.45, 7) is 1.90. The molecule has 2 heterocycles. The second kappa shape index (κ2) is 8.19. The molecule has 4 rings (SSSR count). The van der Waals surface area contributed by atoms with Gasteiger partial charge in [0.2, 0.25) is 0 Å². The Balaban J connectivity index is 1.75. The molecule has 160 valence electrons.